The second-order valence-corrected chi connectivity index (χ2v) is 4.01. The molecule has 0 atom stereocenters. The van der Waals surface area contributed by atoms with Gasteiger partial charge in [0.15, 0.2) is 5.82 Å². The highest BCUT2D eigenvalue weighted by atomic mass is 19.1. The summed E-state index contributed by atoms with van der Waals surface area (Å²) in [5.74, 6) is -1.49. The minimum atomic E-state index is -0.798. The van der Waals surface area contributed by atoms with Gasteiger partial charge in [0.2, 0.25) is 0 Å². The average molecular weight is 259 g/mol. The highest BCUT2D eigenvalue weighted by Gasteiger charge is 2.07. The number of hydrogen-bond donors (Lipinski definition) is 2. The predicted molar refractivity (Wildman–Crippen MR) is 69.3 cm³/mol. The van der Waals surface area contributed by atoms with E-state index in [0.717, 1.165) is 17.7 Å². The summed E-state index contributed by atoms with van der Waals surface area (Å²) in [4.78, 5) is 0. The molecule has 5 heteroatoms. The third kappa shape index (κ3) is 2.99. The van der Waals surface area contributed by atoms with E-state index in [-0.39, 0.29) is 11.4 Å². The van der Waals surface area contributed by atoms with E-state index < -0.39 is 11.6 Å². The Bertz CT molecular complexity index is 648. The van der Waals surface area contributed by atoms with Gasteiger partial charge in [-0.1, -0.05) is 12.1 Å². The Morgan fingerprint density at radius 3 is 2.74 bits per heavy atom. The molecule has 0 amide bonds. The van der Waals surface area contributed by atoms with E-state index in [1.807, 2.05) is 6.07 Å². The van der Waals surface area contributed by atoms with Gasteiger partial charge in [-0.15, -0.1) is 0 Å². The lowest BCUT2D eigenvalue weighted by Crippen LogP contribution is -2.05. The zero-order chi connectivity index (χ0) is 13.8. The molecule has 96 valence electrons. The first kappa shape index (κ1) is 12.8. The Balaban J connectivity index is 2.17. The largest absolute Gasteiger partial charge is 0.395 e. The molecule has 0 aliphatic heterocycles. The lowest BCUT2D eigenvalue weighted by molar-refractivity contribution is 0.587. The first-order valence-corrected chi connectivity index (χ1v) is 5.57. The highest BCUT2D eigenvalue weighted by Crippen LogP contribution is 2.23. The molecular weight excluding hydrogens is 248 g/mol. The molecule has 0 fully saturated rings. The van der Waals surface area contributed by atoms with E-state index in [1.165, 1.54) is 0 Å². The molecule has 0 saturated heterocycles. The molecule has 0 aliphatic carbocycles. The van der Waals surface area contributed by atoms with Gasteiger partial charge in [-0.25, -0.2) is 8.78 Å². The fourth-order valence-electron chi connectivity index (χ4n) is 1.68. The van der Waals surface area contributed by atoms with Crippen LogP contribution in [0.15, 0.2) is 36.4 Å². The van der Waals surface area contributed by atoms with Crippen molar-refractivity contribution < 1.29 is 8.78 Å². The Hall–Kier alpha value is -2.61. The quantitative estimate of drug-likeness (QED) is 0.833. The number of halogens is 2. The van der Waals surface area contributed by atoms with Crippen LogP contribution in [-0.4, -0.2) is 0 Å². The van der Waals surface area contributed by atoms with E-state index in [2.05, 4.69) is 5.32 Å². The Kier molecular flexibility index (Phi) is 3.62. The Labute approximate surface area is 109 Å². The van der Waals surface area contributed by atoms with Gasteiger partial charge < -0.3 is 11.1 Å². The molecular formula is C14H11F2N3. The standard InChI is InChI=1S/C14H11F2N3/c15-11-5-12(16)14(18)13(6-11)19-8-10-3-1-2-9(4-10)7-17/h1-6,19H,8,18H2. The van der Waals surface area contributed by atoms with E-state index >= 15 is 0 Å². The molecule has 0 aromatic heterocycles. The van der Waals surface area contributed by atoms with Crippen molar-refractivity contribution in [3.63, 3.8) is 0 Å². The van der Waals surface area contributed by atoms with E-state index in [1.54, 1.807) is 24.3 Å². The number of hydrogen-bond acceptors (Lipinski definition) is 3. The van der Waals surface area contributed by atoms with Gasteiger partial charge in [-0.05, 0) is 23.8 Å². The van der Waals surface area contributed by atoms with Crippen LogP contribution in [0.3, 0.4) is 0 Å². The molecule has 3 N–H and O–H groups in total. The smallest absolute Gasteiger partial charge is 0.151 e. The van der Waals surface area contributed by atoms with Crippen molar-refractivity contribution in [1.82, 2.24) is 0 Å². The van der Waals surface area contributed by atoms with Crippen molar-refractivity contribution in [2.75, 3.05) is 11.1 Å². The fraction of sp³-hybridized carbons (Fsp3) is 0.0714. The molecule has 0 spiro atoms. The number of nitrogens with zero attached hydrogens (tertiary/aromatic N) is 1. The van der Waals surface area contributed by atoms with Crippen molar-refractivity contribution in [1.29, 1.82) is 5.26 Å². The van der Waals surface area contributed by atoms with Crippen molar-refractivity contribution in [3.8, 4) is 6.07 Å². The summed E-state index contributed by atoms with van der Waals surface area (Å²) >= 11 is 0. The molecule has 2 aromatic carbocycles. The molecule has 0 unspecified atom stereocenters. The summed E-state index contributed by atoms with van der Waals surface area (Å²) in [6.45, 7) is 0.322. The van der Waals surface area contributed by atoms with Gasteiger partial charge in [0.05, 0.1) is 23.0 Å². The molecule has 0 saturated carbocycles. The molecule has 2 rings (SSSR count). The fourth-order valence-corrected chi connectivity index (χ4v) is 1.68. The maximum atomic E-state index is 13.2. The first-order valence-electron chi connectivity index (χ1n) is 5.57. The van der Waals surface area contributed by atoms with Gasteiger partial charge in [-0.2, -0.15) is 5.26 Å². The maximum Gasteiger partial charge on any atom is 0.151 e. The molecule has 2 aromatic rings. The minimum absolute atomic E-state index is 0.127. The number of rotatable bonds is 3. The predicted octanol–water partition coefficient (Wildman–Crippen LogP) is 3.03. The van der Waals surface area contributed by atoms with Gasteiger partial charge in [0.1, 0.15) is 5.82 Å². The van der Waals surface area contributed by atoms with Crippen LogP contribution in [-0.2, 0) is 6.54 Å². The third-order valence-electron chi connectivity index (χ3n) is 2.63. The summed E-state index contributed by atoms with van der Waals surface area (Å²) in [5.41, 5.74) is 6.93. The first-order chi connectivity index (χ1) is 9.10. The van der Waals surface area contributed by atoms with Gasteiger partial charge >= 0.3 is 0 Å². The van der Waals surface area contributed by atoms with Crippen LogP contribution in [0.4, 0.5) is 20.2 Å². The van der Waals surface area contributed by atoms with Crippen LogP contribution < -0.4 is 11.1 Å². The number of nitriles is 1. The monoisotopic (exact) mass is 259 g/mol. The van der Waals surface area contributed by atoms with Crippen LogP contribution in [0.2, 0.25) is 0 Å². The molecule has 0 radical (unpaired) electrons. The Morgan fingerprint density at radius 1 is 1.21 bits per heavy atom. The van der Waals surface area contributed by atoms with Crippen molar-refractivity contribution in [2.45, 2.75) is 6.54 Å². The number of benzene rings is 2. The third-order valence-corrected chi connectivity index (χ3v) is 2.63. The van der Waals surface area contributed by atoms with E-state index in [0.29, 0.717) is 12.1 Å². The van der Waals surface area contributed by atoms with Crippen LogP contribution in [0.5, 0.6) is 0 Å². The normalized spacial score (nSPS) is 9.95. The minimum Gasteiger partial charge on any atom is -0.395 e. The summed E-state index contributed by atoms with van der Waals surface area (Å²) in [5, 5.41) is 11.6. The van der Waals surface area contributed by atoms with Crippen LogP contribution >= 0.6 is 0 Å². The molecule has 0 bridgehead atoms. The van der Waals surface area contributed by atoms with E-state index in [4.69, 9.17) is 11.0 Å². The van der Waals surface area contributed by atoms with Crippen LogP contribution in [0, 0.1) is 23.0 Å². The highest BCUT2D eigenvalue weighted by molar-refractivity contribution is 5.66. The molecule has 3 nitrogen and oxygen atoms in total. The van der Waals surface area contributed by atoms with Crippen molar-refractivity contribution in [2.24, 2.45) is 0 Å². The zero-order valence-corrected chi connectivity index (χ0v) is 9.95. The maximum absolute atomic E-state index is 13.2. The lowest BCUT2D eigenvalue weighted by atomic mass is 10.1. The molecule has 0 heterocycles. The topological polar surface area (TPSA) is 61.8 Å². The zero-order valence-electron chi connectivity index (χ0n) is 9.95. The van der Waals surface area contributed by atoms with Crippen LogP contribution in [0.25, 0.3) is 0 Å². The second-order valence-electron chi connectivity index (χ2n) is 4.01. The lowest BCUT2D eigenvalue weighted by Gasteiger charge is -2.10. The SMILES string of the molecule is N#Cc1cccc(CNc2cc(F)cc(F)c2N)c1. The van der Waals surface area contributed by atoms with E-state index in [9.17, 15) is 8.78 Å². The molecule has 0 aliphatic rings. The van der Waals surface area contributed by atoms with Gasteiger partial charge in [-0.3, -0.25) is 0 Å². The summed E-state index contributed by atoms with van der Waals surface area (Å²) in [6.07, 6.45) is 0. The molecule has 19 heavy (non-hydrogen) atoms. The summed E-state index contributed by atoms with van der Waals surface area (Å²) < 4.78 is 26.3. The average Bonchev–Trinajstić information content (AvgIpc) is 2.41. The van der Waals surface area contributed by atoms with Gasteiger partial charge in [0.25, 0.3) is 0 Å². The van der Waals surface area contributed by atoms with Crippen molar-refractivity contribution in [3.05, 3.63) is 59.2 Å². The van der Waals surface area contributed by atoms with Crippen molar-refractivity contribution >= 4 is 11.4 Å². The summed E-state index contributed by atoms with van der Waals surface area (Å²) in [7, 11) is 0. The van der Waals surface area contributed by atoms with Crippen LogP contribution in [0.1, 0.15) is 11.1 Å². The number of nitrogens with one attached hydrogen (secondary N) is 1. The number of nitrogens with two attached hydrogens (primary N) is 1. The second kappa shape index (κ2) is 5.36. The Morgan fingerprint density at radius 2 is 2.00 bits per heavy atom. The number of nitrogen functional groups attached to an aromatic ring is 1. The van der Waals surface area contributed by atoms with Gasteiger partial charge in [0, 0.05) is 12.6 Å². The number of anilines is 2. The summed E-state index contributed by atoms with van der Waals surface area (Å²) in [6, 6.07) is 10.8.